The Morgan fingerprint density at radius 1 is 1.12 bits per heavy atom. The van der Waals surface area contributed by atoms with Crippen molar-refractivity contribution in [3.05, 3.63) is 35.9 Å². The summed E-state index contributed by atoms with van der Waals surface area (Å²) >= 11 is 0. The zero-order valence-electron chi connectivity index (χ0n) is 10.9. The van der Waals surface area contributed by atoms with Crippen molar-refractivity contribution >= 4 is 0 Å². The molecule has 0 aliphatic carbocycles. The maximum atomic E-state index is 6.01. The molecule has 1 saturated heterocycles. The second-order valence-electron chi connectivity index (χ2n) is 5.17. The molecule has 0 aromatic heterocycles. The van der Waals surface area contributed by atoms with Gasteiger partial charge in [0.25, 0.3) is 0 Å². The Labute approximate surface area is 105 Å². The molecule has 17 heavy (non-hydrogen) atoms. The van der Waals surface area contributed by atoms with Crippen molar-refractivity contribution in [2.75, 3.05) is 6.61 Å². The molecule has 0 saturated carbocycles. The molecule has 0 unspecified atom stereocenters. The molecule has 2 rings (SSSR count). The first kappa shape index (κ1) is 12.6. The SMILES string of the molecule is CCCCC[C@H]1CC[C@H](c2ccccc2)OC1. The first-order valence-corrected chi connectivity index (χ1v) is 7.06. The van der Waals surface area contributed by atoms with Crippen LogP contribution in [-0.4, -0.2) is 6.61 Å². The maximum Gasteiger partial charge on any atom is 0.0825 e. The van der Waals surface area contributed by atoms with Gasteiger partial charge in [-0.05, 0) is 30.7 Å². The molecule has 1 aromatic rings. The molecular weight excluding hydrogens is 208 g/mol. The van der Waals surface area contributed by atoms with Gasteiger partial charge in [-0.1, -0.05) is 56.5 Å². The summed E-state index contributed by atoms with van der Waals surface area (Å²) in [5.74, 6) is 0.807. The van der Waals surface area contributed by atoms with Crippen molar-refractivity contribution in [3.8, 4) is 0 Å². The number of benzene rings is 1. The van der Waals surface area contributed by atoms with Crippen LogP contribution in [0.15, 0.2) is 30.3 Å². The summed E-state index contributed by atoms with van der Waals surface area (Å²) in [7, 11) is 0. The highest BCUT2D eigenvalue weighted by atomic mass is 16.5. The summed E-state index contributed by atoms with van der Waals surface area (Å²) in [4.78, 5) is 0. The van der Waals surface area contributed by atoms with Crippen LogP contribution in [0.5, 0.6) is 0 Å². The zero-order valence-corrected chi connectivity index (χ0v) is 10.9. The minimum atomic E-state index is 0.346. The smallest absolute Gasteiger partial charge is 0.0825 e. The van der Waals surface area contributed by atoms with Crippen LogP contribution >= 0.6 is 0 Å². The lowest BCUT2D eigenvalue weighted by atomic mass is 9.91. The van der Waals surface area contributed by atoms with E-state index in [1.807, 2.05) is 0 Å². The molecule has 1 aromatic carbocycles. The third-order valence-electron chi connectivity index (χ3n) is 3.76. The van der Waals surface area contributed by atoms with Crippen LogP contribution < -0.4 is 0 Å². The lowest BCUT2D eigenvalue weighted by Gasteiger charge is -2.29. The molecule has 0 radical (unpaired) electrons. The molecule has 0 bridgehead atoms. The average Bonchev–Trinajstić information content (AvgIpc) is 2.41. The molecule has 1 aliphatic heterocycles. The standard InChI is InChI=1S/C16H24O/c1-2-3-5-8-14-11-12-16(17-13-14)15-9-6-4-7-10-15/h4,6-7,9-10,14,16H,2-3,5,8,11-13H2,1H3/t14-,16+/m0/s1. The highest BCUT2D eigenvalue weighted by Gasteiger charge is 2.22. The van der Waals surface area contributed by atoms with Crippen LogP contribution in [-0.2, 0) is 4.74 Å². The van der Waals surface area contributed by atoms with E-state index in [2.05, 4.69) is 37.3 Å². The molecule has 0 N–H and O–H groups in total. The third kappa shape index (κ3) is 3.85. The van der Waals surface area contributed by atoms with Gasteiger partial charge in [0.05, 0.1) is 12.7 Å². The molecule has 1 heteroatoms. The van der Waals surface area contributed by atoms with Crippen molar-refractivity contribution < 1.29 is 4.74 Å². The van der Waals surface area contributed by atoms with Crippen LogP contribution in [0.1, 0.15) is 57.1 Å². The lowest BCUT2D eigenvalue weighted by Crippen LogP contribution is -2.20. The molecular formula is C16H24O. The average molecular weight is 232 g/mol. The van der Waals surface area contributed by atoms with Crippen molar-refractivity contribution in [1.82, 2.24) is 0 Å². The lowest BCUT2D eigenvalue weighted by molar-refractivity contribution is -0.0198. The Balaban J connectivity index is 1.74. The molecule has 1 aliphatic rings. The quantitative estimate of drug-likeness (QED) is 0.667. The molecule has 0 amide bonds. The van der Waals surface area contributed by atoms with Crippen LogP contribution in [0.2, 0.25) is 0 Å². The first-order chi connectivity index (χ1) is 8.40. The van der Waals surface area contributed by atoms with Gasteiger partial charge in [0.15, 0.2) is 0 Å². The number of hydrogen-bond donors (Lipinski definition) is 0. The summed E-state index contributed by atoms with van der Waals surface area (Å²) in [6.07, 6.45) is 8.30. The second-order valence-corrected chi connectivity index (χ2v) is 5.17. The Hall–Kier alpha value is -0.820. The molecule has 1 nitrogen and oxygen atoms in total. The van der Waals surface area contributed by atoms with Crippen LogP contribution in [0.4, 0.5) is 0 Å². The highest BCUT2D eigenvalue weighted by Crippen LogP contribution is 2.32. The maximum absolute atomic E-state index is 6.01. The monoisotopic (exact) mass is 232 g/mol. The van der Waals surface area contributed by atoms with Crippen LogP contribution in [0.3, 0.4) is 0 Å². The van der Waals surface area contributed by atoms with E-state index in [4.69, 9.17) is 4.74 Å². The predicted molar refractivity (Wildman–Crippen MR) is 72.0 cm³/mol. The fourth-order valence-electron chi connectivity index (χ4n) is 2.65. The van der Waals surface area contributed by atoms with E-state index >= 15 is 0 Å². The van der Waals surface area contributed by atoms with E-state index in [1.165, 1.54) is 44.1 Å². The molecule has 0 spiro atoms. The van der Waals surface area contributed by atoms with Crippen molar-refractivity contribution in [1.29, 1.82) is 0 Å². The van der Waals surface area contributed by atoms with Gasteiger partial charge in [-0.25, -0.2) is 0 Å². The summed E-state index contributed by atoms with van der Waals surface area (Å²) in [5, 5.41) is 0. The fraction of sp³-hybridized carbons (Fsp3) is 0.625. The first-order valence-electron chi connectivity index (χ1n) is 7.06. The van der Waals surface area contributed by atoms with Crippen molar-refractivity contribution in [3.63, 3.8) is 0 Å². The van der Waals surface area contributed by atoms with E-state index in [-0.39, 0.29) is 0 Å². The zero-order chi connectivity index (χ0) is 11.9. The van der Waals surface area contributed by atoms with Gasteiger partial charge in [-0.15, -0.1) is 0 Å². The van der Waals surface area contributed by atoms with Gasteiger partial charge >= 0.3 is 0 Å². The summed E-state index contributed by atoms with van der Waals surface area (Å²) in [6, 6.07) is 10.6. The number of ether oxygens (including phenoxy) is 1. The van der Waals surface area contributed by atoms with Crippen LogP contribution in [0, 0.1) is 5.92 Å². The van der Waals surface area contributed by atoms with E-state index in [0.717, 1.165) is 12.5 Å². The highest BCUT2D eigenvalue weighted by molar-refractivity contribution is 5.17. The van der Waals surface area contributed by atoms with E-state index in [9.17, 15) is 0 Å². The summed E-state index contributed by atoms with van der Waals surface area (Å²) in [6.45, 7) is 3.23. The number of rotatable bonds is 5. The van der Waals surface area contributed by atoms with Crippen LogP contribution in [0.25, 0.3) is 0 Å². The van der Waals surface area contributed by atoms with E-state index < -0.39 is 0 Å². The Kier molecular flexibility index (Phi) is 5.06. The third-order valence-corrected chi connectivity index (χ3v) is 3.76. The van der Waals surface area contributed by atoms with Gasteiger partial charge in [-0.3, -0.25) is 0 Å². The minimum absolute atomic E-state index is 0.346. The Bertz CT molecular complexity index is 299. The molecule has 2 atom stereocenters. The summed E-state index contributed by atoms with van der Waals surface area (Å²) < 4.78 is 6.01. The van der Waals surface area contributed by atoms with Gasteiger partial charge in [-0.2, -0.15) is 0 Å². The van der Waals surface area contributed by atoms with Crippen molar-refractivity contribution in [2.24, 2.45) is 5.92 Å². The Morgan fingerprint density at radius 3 is 2.59 bits per heavy atom. The predicted octanol–water partition coefficient (Wildman–Crippen LogP) is 4.73. The molecule has 1 heterocycles. The molecule has 1 fully saturated rings. The largest absolute Gasteiger partial charge is 0.373 e. The molecule has 94 valence electrons. The van der Waals surface area contributed by atoms with E-state index in [1.54, 1.807) is 0 Å². The second kappa shape index (κ2) is 6.80. The summed E-state index contributed by atoms with van der Waals surface area (Å²) in [5.41, 5.74) is 1.35. The van der Waals surface area contributed by atoms with Gasteiger partial charge in [0, 0.05) is 0 Å². The topological polar surface area (TPSA) is 9.23 Å². The number of hydrogen-bond acceptors (Lipinski definition) is 1. The van der Waals surface area contributed by atoms with Gasteiger partial charge in [0.2, 0.25) is 0 Å². The van der Waals surface area contributed by atoms with Crippen molar-refractivity contribution in [2.45, 2.75) is 51.6 Å². The van der Waals surface area contributed by atoms with Gasteiger partial charge < -0.3 is 4.74 Å². The minimum Gasteiger partial charge on any atom is -0.373 e. The normalized spacial score (nSPS) is 24.8. The number of unbranched alkanes of at least 4 members (excludes halogenated alkanes) is 2. The van der Waals surface area contributed by atoms with Gasteiger partial charge in [0.1, 0.15) is 0 Å². The fourth-order valence-corrected chi connectivity index (χ4v) is 2.65. The van der Waals surface area contributed by atoms with E-state index in [0.29, 0.717) is 6.10 Å². The Morgan fingerprint density at radius 2 is 1.94 bits per heavy atom.